The van der Waals surface area contributed by atoms with Crippen molar-refractivity contribution < 1.29 is 9.84 Å². The number of hydrogen-bond donors (Lipinski definition) is 1. The van der Waals surface area contributed by atoms with Gasteiger partial charge in [0.25, 0.3) is 0 Å². The molecule has 0 fully saturated rings. The Morgan fingerprint density at radius 3 is 2.62 bits per heavy atom. The lowest BCUT2D eigenvalue weighted by Gasteiger charge is -2.08. The molecule has 0 unspecified atom stereocenters. The van der Waals surface area contributed by atoms with Crippen molar-refractivity contribution in [2.45, 2.75) is 33.5 Å². The summed E-state index contributed by atoms with van der Waals surface area (Å²) in [5.41, 5.74) is 1.91. The third-order valence-corrected chi connectivity index (χ3v) is 1.86. The summed E-state index contributed by atoms with van der Waals surface area (Å²) in [5.74, 6) is 0.338. The summed E-state index contributed by atoms with van der Waals surface area (Å²) in [6, 6.07) is 5.61. The molecule has 0 aliphatic heterocycles. The summed E-state index contributed by atoms with van der Waals surface area (Å²) in [6.45, 7) is 6.43. The van der Waals surface area contributed by atoms with Crippen molar-refractivity contribution in [3.05, 3.63) is 29.3 Å². The third kappa shape index (κ3) is 3.07. The zero-order valence-electron chi connectivity index (χ0n) is 8.37. The molecule has 0 bridgehead atoms. The number of ether oxygens (including phenoxy) is 1. The maximum Gasteiger partial charge on any atom is 0.118 e. The van der Waals surface area contributed by atoms with Crippen molar-refractivity contribution in [3.8, 4) is 5.75 Å². The highest BCUT2D eigenvalue weighted by molar-refractivity contribution is 5.34. The molecule has 0 radical (unpaired) electrons. The summed E-state index contributed by atoms with van der Waals surface area (Å²) in [4.78, 5) is 0. The van der Waals surface area contributed by atoms with Gasteiger partial charge in [0.15, 0.2) is 0 Å². The van der Waals surface area contributed by atoms with Crippen LogP contribution < -0.4 is 0 Å². The van der Waals surface area contributed by atoms with Gasteiger partial charge in [-0.1, -0.05) is 12.1 Å². The SMILES string of the molecule is Cc1ccc(COC(C)C)cc1O. The minimum absolute atomic E-state index is 0.225. The fraction of sp³-hybridized carbons (Fsp3) is 0.455. The normalized spacial score (nSPS) is 10.8. The molecular weight excluding hydrogens is 164 g/mol. The van der Waals surface area contributed by atoms with Crippen LogP contribution in [0.2, 0.25) is 0 Å². The summed E-state index contributed by atoms with van der Waals surface area (Å²) in [6.07, 6.45) is 0.225. The number of phenols is 1. The van der Waals surface area contributed by atoms with Gasteiger partial charge in [-0.15, -0.1) is 0 Å². The fourth-order valence-corrected chi connectivity index (χ4v) is 1.01. The molecule has 0 aliphatic rings. The first-order valence-electron chi connectivity index (χ1n) is 4.49. The van der Waals surface area contributed by atoms with Gasteiger partial charge in [-0.05, 0) is 38.0 Å². The highest BCUT2D eigenvalue weighted by atomic mass is 16.5. The Labute approximate surface area is 79.2 Å². The van der Waals surface area contributed by atoms with E-state index in [0.717, 1.165) is 11.1 Å². The molecule has 1 N–H and O–H groups in total. The van der Waals surface area contributed by atoms with Crippen LogP contribution in [0.3, 0.4) is 0 Å². The van der Waals surface area contributed by atoms with Gasteiger partial charge in [0, 0.05) is 0 Å². The van der Waals surface area contributed by atoms with Gasteiger partial charge in [0.05, 0.1) is 12.7 Å². The first-order valence-corrected chi connectivity index (χ1v) is 4.49. The van der Waals surface area contributed by atoms with Crippen LogP contribution in [0.15, 0.2) is 18.2 Å². The van der Waals surface area contributed by atoms with Crippen molar-refractivity contribution in [1.29, 1.82) is 0 Å². The summed E-state index contributed by atoms with van der Waals surface area (Å²) < 4.78 is 5.41. The van der Waals surface area contributed by atoms with Crippen molar-refractivity contribution in [2.24, 2.45) is 0 Å². The summed E-state index contributed by atoms with van der Waals surface area (Å²) >= 11 is 0. The zero-order valence-corrected chi connectivity index (χ0v) is 8.37. The molecule has 1 aromatic rings. The average Bonchev–Trinajstić information content (AvgIpc) is 2.07. The van der Waals surface area contributed by atoms with E-state index in [1.807, 2.05) is 32.9 Å². The first-order chi connectivity index (χ1) is 6.09. The number of phenolic OH excluding ortho intramolecular Hbond substituents is 1. The smallest absolute Gasteiger partial charge is 0.118 e. The predicted octanol–water partition coefficient (Wildman–Crippen LogP) is 2.63. The van der Waals surface area contributed by atoms with E-state index in [1.54, 1.807) is 6.07 Å². The molecule has 2 nitrogen and oxygen atoms in total. The largest absolute Gasteiger partial charge is 0.508 e. The van der Waals surface area contributed by atoms with E-state index in [-0.39, 0.29) is 6.10 Å². The monoisotopic (exact) mass is 180 g/mol. The summed E-state index contributed by atoms with van der Waals surface area (Å²) in [7, 11) is 0. The van der Waals surface area contributed by atoms with Crippen molar-refractivity contribution >= 4 is 0 Å². The second kappa shape index (κ2) is 4.28. The Morgan fingerprint density at radius 2 is 2.08 bits per heavy atom. The molecule has 0 saturated carbocycles. The zero-order chi connectivity index (χ0) is 9.84. The Kier molecular flexibility index (Phi) is 3.32. The van der Waals surface area contributed by atoms with E-state index in [2.05, 4.69) is 0 Å². The molecule has 0 atom stereocenters. The van der Waals surface area contributed by atoms with Crippen LogP contribution in [-0.4, -0.2) is 11.2 Å². The highest BCUT2D eigenvalue weighted by Crippen LogP contribution is 2.18. The van der Waals surface area contributed by atoms with Gasteiger partial charge in [0.1, 0.15) is 5.75 Å². The van der Waals surface area contributed by atoms with Crippen LogP contribution in [0.1, 0.15) is 25.0 Å². The number of benzene rings is 1. The third-order valence-electron chi connectivity index (χ3n) is 1.86. The van der Waals surface area contributed by atoms with Crippen LogP contribution >= 0.6 is 0 Å². The van der Waals surface area contributed by atoms with E-state index >= 15 is 0 Å². The van der Waals surface area contributed by atoms with Gasteiger partial charge in [-0.3, -0.25) is 0 Å². The first kappa shape index (κ1) is 10.1. The maximum atomic E-state index is 9.41. The molecule has 0 amide bonds. The maximum absolute atomic E-state index is 9.41. The molecule has 1 aromatic carbocycles. The number of rotatable bonds is 3. The summed E-state index contributed by atoms with van der Waals surface area (Å²) in [5, 5.41) is 9.41. The topological polar surface area (TPSA) is 29.5 Å². The number of aryl methyl sites for hydroxylation is 1. The van der Waals surface area contributed by atoms with E-state index in [1.165, 1.54) is 0 Å². The Hall–Kier alpha value is -1.02. The van der Waals surface area contributed by atoms with Crippen LogP contribution in [0.4, 0.5) is 0 Å². The Balaban J connectivity index is 2.63. The lowest BCUT2D eigenvalue weighted by molar-refractivity contribution is 0.0656. The fourth-order valence-electron chi connectivity index (χ4n) is 1.01. The minimum Gasteiger partial charge on any atom is -0.508 e. The Morgan fingerprint density at radius 1 is 1.38 bits per heavy atom. The molecule has 1 rings (SSSR count). The van der Waals surface area contributed by atoms with Gasteiger partial charge in [-0.2, -0.15) is 0 Å². The predicted molar refractivity (Wildman–Crippen MR) is 52.8 cm³/mol. The molecule has 72 valence electrons. The highest BCUT2D eigenvalue weighted by Gasteiger charge is 1.99. The van der Waals surface area contributed by atoms with Gasteiger partial charge >= 0.3 is 0 Å². The second-order valence-electron chi connectivity index (χ2n) is 3.48. The average molecular weight is 180 g/mol. The number of aromatic hydroxyl groups is 1. The lowest BCUT2D eigenvalue weighted by Crippen LogP contribution is -2.02. The van der Waals surface area contributed by atoms with Gasteiger partial charge < -0.3 is 9.84 Å². The molecule has 0 aromatic heterocycles. The molecule has 0 aliphatic carbocycles. The molecular formula is C11H16O2. The van der Waals surface area contributed by atoms with Crippen LogP contribution in [0.25, 0.3) is 0 Å². The molecule has 0 heterocycles. The second-order valence-corrected chi connectivity index (χ2v) is 3.48. The van der Waals surface area contributed by atoms with E-state index in [9.17, 15) is 5.11 Å². The molecule has 13 heavy (non-hydrogen) atoms. The van der Waals surface area contributed by atoms with E-state index in [0.29, 0.717) is 12.4 Å². The quantitative estimate of drug-likeness (QED) is 0.774. The lowest BCUT2D eigenvalue weighted by atomic mass is 10.1. The van der Waals surface area contributed by atoms with E-state index in [4.69, 9.17) is 4.74 Å². The molecule has 2 heteroatoms. The molecule has 0 saturated heterocycles. The van der Waals surface area contributed by atoms with Crippen molar-refractivity contribution in [1.82, 2.24) is 0 Å². The van der Waals surface area contributed by atoms with Gasteiger partial charge in [-0.25, -0.2) is 0 Å². The minimum atomic E-state index is 0.225. The van der Waals surface area contributed by atoms with Gasteiger partial charge in [0.2, 0.25) is 0 Å². The standard InChI is InChI=1S/C11H16O2/c1-8(2)13-7-10-5-4-9(3)11(12)6-10/h4-6,8,12H,7H2,1-3H3. The molecule has 0 spiro atoms. The van der Waals surface area contributed by atoms with Crippen LogP contribution in [0.5, 0.6) is 5.75 Å². The van der Waals surface area contributed by atoms with Crippen LogP contribution in [0, 0.1) is 6.92 Å². The number of hydrogen-bond acceptors (Lipinski definition) is 2. The van der Waals surface area contributed by atoms with Crippen molar-refractivity contribution in [3.63, 3.8) is 0 Å². The Bertz CT molecular complexity index is 279. The van der Waals surface area contributed by atoms with Crippen LogP contribution in [-0.2, 0) is 11.3 Å². The van der Waals surface area contributed by atoms with E-state index < -0.39 is 0 Å². The van der Waals surface area contributed by atoms with Crippen molar-refractivity contribution in [2.75, 3.05) is 0 Å².